The number of aliphatic carboxylic acids is 1. The van der Waals surface area contributed by atoms with Gasteiger partial charge in [0, 0.05) is 19.6 Å². The molecular weight excluding hydrogens is 214 g/mol. The summed E-state index contributed by atoms with van der Waals surface area (Å²) < 4.78 is 0. The zero-order valence-electron chi connectivity index (χ0n) is 9.97. The van der Waals surface area contributed by atoms with E-state index in [9.17, 15) is 9.90 Å². The van der Waals surface area contributed by atoms with Gasteiger partial charge in [0.05, 0.1) is 5.92 Å². The molecule has 1 atom stereocenters. The first-order chi connectivity index (χ1) is 8.22. The van der Waals surface area contributed by atoms with Crippen LogP contribution < -0.4 is 0 Å². The number of nitrogens with zero attached hydrogens (tertiary/aromatic N) is 1. The maximum Gasteiger partial charge on any atom is 0.312 e. The van der Waals surface area contributed by atoms with E-state index >= 15 is 0 Å². The van der Waals surface area contributed by atoms with Gasteiger partial charge < -0.3 is 5.11 Å². The minimum absolute atomic E-state index is 0.398. The molecule has 1 unspecified atom stereocenters. The molecule has 1 aromatic rings. The molecule has 1 N–H and O–H groups in total. The van der Waals surface area contributed by atoms with Crippen molar-refractivity contribution in [2.24, 2.45) is 0 Å². The molecule has 1 heterocycles. The van der Waals surface area contributed by atoms with Gasteiger partial charge in [-0.2, -0.15) is 0 Å². The number of carboxylic acid groups (broad SMARTS) is 1. The number of hydrogen-bond acceptors (Lipinski definition) is 2. The number of carboxylic acids is 1. The summed E-state index contributed by atoms with van der Waals surface area (Å²) in [5, 5.41) is 9.28. The lowest BCUT2D eigenvalue weighted by atomic mass is 9.90. The van der Waals surface area contributed by atoms with Crippen molar-refractivity contribution in [3.8, 4) is 0 Å². The van der Waals surface area contributed by atoms with E-state index in [0.717, 1.165) is 24.2 Å². The molecule has 1 aliphatic rings. The third-order valence-corrected chi connectivity index (χ3v) is 3.16. The van der Waals surface area contributed by atoms with Crippen molar-refractivity contribution in [1.29, 1.82) is 0 Å². The third-order valence-electron chi connectivity index (χ3n) is 3.16. The van der Waals surface area contributed by atoms with Crippen LogP contribution in [0.15, 0.2) is 36.4 Å². The van der Waals surface area contributed by atoms with Gasteiger partial charge in [-0.1, -0.05) is 36.4 Å². The molecule has 0 bridgehead atoms. The van der Waals surface area contributed by atoms with Gasteiger partial charge >= 0.3 is 5.97 Å². The third kappa shape index (κ3) is 2.56. The molecule has 0 amide bonds. The fraction of sp³-hybridized carbons (Fsp3) is 0.357. The summed E-state index contributed by atoms with van der Waals surface area (Å²) in [7, 11) is 0. The average Bonchev–Trinajstić information content (AvgIpc) is 2.35. The maximum absolute atomic E-state index is 11.3. The molecular formula is C14H17NO2. The van der Waals surface area contributed by atoms with Gasteiger partial charge in [0.2, 0.25) is 0 Å². The summed E-state index contributed by atoms with van der Waals surface area (Å²) >= 11 is 0. The minimum Gasteiger partial charge on any atom is -0.481 e. The summed E-state index contributed by atoms with van der Waals surface area (Å²) in [5.41, 5.74) is 2.10. The quantitative estimate of drug-likeness (QED) is 0.811. The van der Waals surface area contributed by atoms with Crippen LogP contribution in [0.5, 0.6) is 0 Å². The van der Waals surface area contributed by atoms with E-state index in [1.807, 2.05) is 37.3 Å². The SMILES string of the molecule is CC=CCN1Cc2ccccc2C(C(=O)O)C1. The molecule has 0 fully saturated rings. The fourth-order valence-corrected chi connectivity index (χ4v) is 2.28. The fourth-order valence-electron chi connectivity index (χ4n) is 2.28. The molecule has 90 valence electrons. The van der Waals surface area contributed by atoms with Crippen molar-refractivity contribution >= 4 is 5.97 Å². The van der Waals surface area contributed by atoms with Crippen LogP contribution in [-0.4, -0.2) is 29.1 Å². The second kappa shape index (κ2) is 5.15. The van der Waals surface area contributed by atoms with Crippen LogP contribution in [0.2, 0.25) is 0 Å². The van der Waals surface area contributed by atoms with Gasteiger partial charge in [-0.05, 0) is 18.1 Å². The van der Waals surface area contributed by atoms with Crippen LogP contribution in [0.4, 0.5) is 0 Å². The summed E-state index contributed by atoms with van der Waals surface area (Å²) in [6.45, 7) is 4.22. The summed E-state index contributed by atoms with van der Waals surface area (Å²) in [6, 6.07) is 7.83. The molecule has 3 heteroatoms. The first kappa shape index (κ1) is 11.9. The number of fused-ring (bicyclic) bond motifs is 1. The van der Waals surface area contributed by atoms with Crippen LogP contribution >= 0.6 is 0 Å². The van der Waals surface area contributed by atoms with Crippen molar-refractivity contribution in [3.63, 3.8) is 0 Å². The predicted molar refractivity (Wildman–Crippen MR) is 66.9 cm³/mol. The lowest BCUT2D eigenvalue weighted by Gasteiger charge is -2.31. The van der Waals surface area contributed by atoms with Gasteiger partial charge in [-0.3, -0.25) is 9.69 Å². The average molecular weight is 231 g/mol. The number of carbonyl (C=O) groups is 1. The Labute approximate surface area is 101 Å². The normalized spacial score (nSPS) is 20.4. The Kier molecular flexibility index (Phi) is 3.59. The van der Waals surface area contributed by atoms with Gasteiger partial charge in [0.15, 0.2) is 0 Å². The van der Waals surface area contributed by atoms with Gasteiger partial charge in [0.25, 0.3) is 0 Å². The monoisotopic (exact) mass is 231 g/mol. The second-order valence-electron chi connectivity index (χ2n) is 4.35. The smallest absolute Gasteiger partial charge is 0.312 e. The van der Waals surface area contributed by atoms with Crippen LogP contribution in [0.3, 0.4) is 0 Å². The van der Waals surface area contributed by atoms with Gasteiger partial charge in [0.1, 0.15) is 0 Å². The Morgan fingerprint density at radius 2 is 2.29 bits per heavy atom. The molecule has 0 radical (unpaired) electrons. The number of hydrogen-bond donors (Lipinski definition) is 1. The Morgan fingerprint density at radius 1 is 1.53 bits per heavy atom. The summed E-state index contributed by atoms with van der Waals surface area (Å²) in [6.07, 6.45) is 4.06. The van der Waals surface area contributed by atoms with E-state index in [1.165, 1.54) is 0 Å². The molecule has 0 spiro atoms. The number of benzene rings is 1. The zero-order valence-corrected chi connectivity index (χ0v) is 9.97. The van der Waals surface area contributed by atoms with E-state index in [1.54, 1.807) is 0 Å². The zero-order chi connectivity index (χ0) is 12.3. The van der Waals surface area contributed by atoms with E-state index in [2.05, 4.69) is 11.0 Å². The highest BCUT2D eigenvalue weighted by atomic mass is 16.4. The minimum atomic E-state index is -0.734. The highest BCUT2D eigenvalue weighted by Crippen LogP contribution is 2.28. The highest BCUT2D eigenvalue weighted by Gasteiger charge is 2.29. The number of rotatable bonds is 3. The Bertz CT molecular complexity index is 440. The van der Waals surface area contributed by atoms with Crippen LogP contribution in [0, 0.1) is 0 Å². The Balaban J connectivity index is 2.26. The van der Waals surface area contributed by atoms with E-state index in [-0.39, 0.29) is 0 Å². The van der Waals surface area contributed by atoms with Crippen LogP contribution in [0.25, 0.3) is 0 Å². The van der Waals surface area contributed by atoms with Crippen LogP contribution in [0.1, 0.15) is 24.0 Å². The summed E-state index contributed by atoms with van der Waals surface area (Å²) in [5.74, 6) is -1.13. The first-order valence-corrected chi connectivity index (χ1v) is 5.86. The summed E-state index contributed by atoms with van der Waals surface area (Å²) in [4.78, 5) is 13.5. The molecule has 17 heavy (non-hydrogen) atoms. The molecule has 0 saturated carbocycles. The molecule has 1 aromatic carbocycles. The highest BCUT2D eigenvalue weighted by molar-refractivity contribution is 5.77. The van der Waals surface area contributed by atoms with E-state index < -0.39 is 11.9 Å². The van der Waals surface area contributed by atoms with Crippen molar-refractivity contribution in [3.05, 3.63) is 47.5 Å². The standard InChI is InChI=1S/C14H17NO2/c1-2-3-8-15-9-11-6-4-5-7-12(11)13(10-15)14(16)17/h2-7,13H,8-10H2,1H3,(H,16,17). The van der Waals surface area contributed by atoms with Crippen molar-refractivity contribution in [2.75, 3.05) is 13.1 Å². The first-order valence-electron chi connectivity index (χ1n) is 5.86. The topological polar surface area (TPSA) is 40.5 Å². The molecule has 0 aliphatic carbocycles. The van der Waals surface area contributed by atoms with Gasteiger partial charge in [-0.15, -0.1) is 0 Å². The van der Waals surface area contributed by atoms with Crippen LogP contribution in [-0.2, 0) is 11.3 Å². The van der Waals surface area contributed by atoms with E-state index in [4.69, 9.17) is 0 Å². The molecule has 2 rings (SSSR count). The lowest BCUT2D eigenvalue weighted by Crippen LogP contribution is -2.36. The molecule has 0 aromatic heterocycles. The van der Waals surface area contributed by atoms with Crippen molar-refractivity contribution in [1.82, 2.24) is 4.90 Å². The largest absolute Gasteiger partial charge is 0.481 e. The van der Waals surface area contributed by atoms with Crippen molar-refractivity contribution in [2.45, 2.75) is 19.4 Å². The Hall–Kier alpha value is -1.61. The predicted octanol–water partition coefficient (Wildman–Crippen LogP) is 2.25. The Morgan fingerprint density at radius 3 is 3.00 bits per heavy atom. The lowest BCUT2D eigenvalue weighted by molar-refractivity contribution is -0.139. The molecule has 1 aliphatic heterocycles. The van der Waals surface area contributed by atoms with Gasteiger partial charge in [-0.25, -0.2) is 0 Å². The van der Waals surface area contributed by atoms with Crippen molar-refractivity contribution < 1.29 is 9.90 Å². The molecule has 3 nitrogen and oxygen atoms in total. The van der Waals surface area contributed by atoms with E-state index in [0.29, 0.717) is 6.54 Å². The molecule has 0 saturated heterocycles. The number of allylic oxidation sites excluding steroid dienone is 1. The maximum atomic E-state index is 11.3. The second-order valence-corrected chi connectivity index (χ2v) is 4.35.